The van der Waals surface area contributed by atoms with Crippen molar-refractivity contribution >= 4 is 35.6 Å². The zero-order valence-corrected chi connectivity index (χ0v) is 19.5. The number of guanidine groups is 1. The largest absolute Gasteiger partial charge is 0.382 e. The Morgan fingerprint density at radius 2 is 1.93 bits per heavy atom. The van der Waals surface area contributed by atoms with Crippen molar-refractivity contribution < 1.29 is 4.74 Å². The average Bonchev–Trinajstić information content (AvgIpc) is 3.45. The van der Waals surface area contributed by atoms with E-state index >= 15 is 0 Å². The maximum absolute atomic E-state index is 5.51. The van der Waals surface area contributed by atoms with Crippen LogP contribution in [0, 0.1) is 5.41 Å². The molecule has 2 rings (SSSR count). The molecule has 27 heavy (non-hydrogen) atoms. The van der Waals surface area contributed by atoms with Crippen molar-refractivity contribution in [2.24, 2.45) is 10.4 Å². The summed E-state index contributed by atoms with van der Waals surface area (Å²) in [5.74, 6) is 0.912. The molecular weight excluding hydrogens is 451 g/mol. The molecule has 0 saturated heterocycles. The minimum absolute atomic E-state index is 0. The molecule has 0 unspecified atom stereocenters. The van der Waals surface area contributed by atoms with Gasteiger partial charge >= 0.3 is 0 Å². The van der Waals surface area contributed by atoms with Crippen LogP contribution in [0.25, 0.3) is 0 Å². The highest BCUT2D eigenvalue weighted by atomic mass is 127. The van der Waals surface area contributed by atoms with E-state index in [0.717, 1.165) is 58.2 Å². The molecule has 0 aromatic heterocycles. The molecule has 0 spiro atoms. The summed E-state index contributed by atoms with van der Waals surface area (Å²) in [7, 11) is 1.84. The van der Waals surface area contributed by atoms with Gasteiger partial charge in [-0.25, -0.2) is 0 Å². The fourth-order valence-electron chi connectivity index (χ4n) is 3.20. The predicted octanol–water partition coefficient (Wildman–Crippen LogP) is 3.89. The lowest BCUT2D eigenvalue weighted by Gasteiger charge is -2.23. The number of rotatable bonds is 12. The van der Waals surface area contributed by atoms with Gasteiger partial charge in [0.15, 0.2) is 5.96 Å². The first-order valence-electron chi connectivity index (χ1n) is 10.1. The van der Waals surface area contributed by atoms with Gasteiger partial charge < -0.3 is 20.3 Å². The van der Waals surface area contributed by atoms with Gasteiger partial charge in [0.1, 0.15) is 0 Å². The Morgan fingerprint density at radius 1 is 1.19 bits per heavy atom. The van der Waals surface area contributed by atoms with Crippen LogP contribution in [-0.2, 0) is 4.74 Å². The lowest BCUT2D eigenvalue weighted by molar-refractivity contribution is 0.128. The Kier molecular flexibility index (Phi) is 11.7. The van der Waals surface area contributed by atoms with Crippen LogP contribution in [0.4, 0.5) is 5.69 Å². The Balaban J connectivity index is 0.00000364. The van der Waals surface area contributed by atoms with Crippen LogP contribution < -0.4 is 15.5 Å². The number of nitrogens with zero attached hydrogens (tertiary/aromatic N) is 2. The summed E-state index contributed by atoms with van der Waals surface area (Å²) in [6, 6.07) is 10.6. The van der Waals surface area contributed by atoms with Crippen LogP contribution in [0.3, 0.4) is 0 Å². The summed E-state index contributed by atoms with van der Waals surface area (Å²) in [6.45, 7) is 9.93. The monoisotopic (exact) mass is 488 g/mol. The third-order valence-corrected chi connectivity index (χ3v) is 5.19. The van der Waals surface area contributed by atoms with Crippen molar-refractivity contribution in [2.75, 3.05) is 51.3 Å². The van der Waals surface area contributed by atoms with E-state index in [1.54, 1.807) is 0 Å². The molecule has 0 bridgehead atoms. The smallest absolute Gasteiger partial charge is 0.190 e. The summed E-state index contributed by atoms with van der Waals surface area (Å²) in [4.78, 5) is 6.77. The van der Waals surface area contributed by atoms with Gasteiger partial charge in [0.25, 0.3) is 0 Å². The summed E-state index contributed by atoms with van der Waals surface area (Å²) in [5, 5.41) is 6.95. The zero-order valence-electron chi connectivity index (χ0n) is 17.2. The number of hydrogen-bond donors (Lipinski definition) is 2. The third kappa shape index (κ3) is 8.68. The van der Waals surface area contributed by atoms with Crippen molar-refractivity contribution in [3.63, 3.8) is 0 Å². The minimum atomic E-state index is 0. The van der Waals surface area contributed by atoms with E-state index in [2.05, 4.69) is 64.7 Å². The molecule has 0 amide bonds. The average molecular weight is 488 g/mol. The van der Waals surface area contributed by atoms with Crippen molar-refractivity contribution in [3.05, 3.63) is 30.3 Å². The second kappa shape index (κ2) is 13.2. The highest BCUT2D eigenvalue weighted by Crippen LogP contribution is 2.48. The summed E-state index contributed by atoms with van der Waals surface area (Å²) < 4.78 is 5.51. The number of para-hydroxylation sites is 1. The lowest BCUT2D eigenvalue weighted by Crippen LogP contribution is -2.41. The summed E-state index contributed by atoms with van der Waals surface area (Å²) >= 11 is 0. The number of ether oxygens (including phenoxy) is 1. The van der Waals surface area contributed by atoms with E-state index in [1.165, 1.54) is 18.5 Å². The molecule has 5 nitrogen and oxygen atoms in total. The Bertz CT molecular complexity index is 534. The van der Waals surface area contributed by atoms with E-state index in [-0.39, 0.29) is 24.0 Å². The van der Waals surface area contributed by atoms with Gasteiger partial charge in [-0.1, -0.05) is 18.2 Å². The zero-order chi connectivity index (χ0) is 18.7. The quantitative estimate of drug-likeness (QED) is 0.203. The Morgan fingerprint density at radius 3 is 2.52 bits per heavy atom. The molecule has 6 heteroatoms. The number of anilines is 1. The topological polar surface area (TPSA) is 48.9 Å². The van der Waals surface area contributed by atoms with Gasteiger partial charge in [0.05, 0.1) is 0 Å². The van der Waals surface area contributed by atoms with Crippen LogP contribution in [0.2, 0.25) is 0 Å². The van der Waals surface area contributed by atoms with Gasteiger partial charge in [-0.2, -0.15) is 0 Å². The normalized spacial score (nSPS) is 15.0. The van der Waals surface area contributed by atoms with E-state index in [0.29, 0.717) is 5.41 Å². The second-order valence-electron chi connectivity index (χ2n) is 7.07. The van der Waals surface area contributed by atoms with Crippen LogP contribution in [0.15, 0.2) is 35.3 Å². The second-order valence-corrected chi connectivity index (χ2v) is 7.07. The number of nitrogens with one attached hydrogen (secondary N) is 2. The fourth-order valence-corrected chi connectivity index (χ4v) is 3.20. The van der Waals surface area contributed by atoms with E-state index in [4.69, 9.17) is 4.74 Å². The Labute approximate surface area is 182 Å². The first-order chi connectivity index (χ1) is 12.7. The molecule has 1 aromatic rings. The molecule has 1 aliphatic rings. The number of halogens is 1. The van der Waals surface area contributed by atoms with Crippen LogP contribution >= 0.6 is 24.0 Å². The molecular formula is C21H37IN4O. The molecule has 2 N–H and O–H groups in total. The highest BCUT2D eigenvalue weighted by Gasteiger charge is 2.41. The van der Waals surface area contributed by atoms with Gasteiger partial charge in [-0.15, -0.1) is 24.0 Å². The fraction of sp³-hybridized carbons (Fsp3) is 0.667. The van der Waals surface area contributed by atoms with Gasteiger partial charge in [0.2, 0.25) is 0 Å². The van der Waals surface area contributed by atoms with Crippen LogP contribution in [0.5, 0.6) is 0 Å². The minimum Gasteiger partial charge on any atom is -0.382 e. The molecule has 1 aromatic carbocycles. The first-order valence-corrected chi connectivity index (χ1v) is 10.1. The van der Waals surface area contributed by atoms with Gasteiger partial charge in [-0.3, -0.25) is 4.99 Å². The maximum atomic E-state index is 5.51. The molecule has 0 aliphatic heterocycles. The van der Waals surface area contributed by atoms with Crippen molar-refractivity contribution in [1.29, 1.82) is 0 Å². The number of hydrogen-bond acceptors (Lipinski definition) is 3. The van der Waals surface area contributed by atoms with E-state index in [9.17, 15) is 0 Å². The van der Waals surface area contributed by atoms with Crippen molar-refractivity contribution in [1.82, 2.24) is 10.6 Å². The molecule has 0 radical (unpaired) electrons. The highest BCUT2D eigenvalue weighted by molar-refractivity contribution is 14.0. The molecule has 1 saturated carbocycles. The van der Waals surface area contributed by atoms with Crippen molar-refractivity contribution in [2.45, 2.75) is 39.5 Å². The SMILES string of the molecule is CCOCCC1(CNC(=NC)NCCCN(CC)c2ccccc2)CC1.I. The van der Waals surface area contributed by atoms with Crippen molar-refractivity contribution in [3.8, 4) is 0 Å². The summed E-state index contributed by atoms with van der Waals surface area (Å²) in [6.07, 6.45) is 4.82. The molecule has 154 valence electrons. The maximum Gasteiger partial charge on any atom is 0.190 e. The van der Waals surface area contributed by atoms with Crippen LogP contribution in [0.1, 0.15) is 39.5 Å². The lowest BCUT2D eigenvalue weighted by atomic mass is 10.0. The molecule has 1 aliphatic carbocycles. The molecule has 1 fully saturated rings. The summed E-state index contributed by atoms with van der Waals surface area (Å²) in [5.41, 5.74) is 1.72. The number of benzene rings is 1. The number of aliphatic imine (C=N–C) groups is 1. The van der Waals surface area contributed by atoms with Gasteiger partial charge in [0, 0.05) is 52.1 Å². The third-order valence-electron chi connectivity index (χ3n) is 5.19. The van der Waals surface area contributed by atoms with E-state index < -0.39 is 0 Å². The van der Waals surface area contributed by atoms with Gasteiger partial charge in [-0.05, 0) is 57.1 Å². The van der Waals surface area contributed by atoms with Crippen LogP contribution in [-0.4, -0.2) is 52.4 Å². The standard InChI is InChI=1S/C21H36N4O.HI/c1-4-25(19-10-7-6-8-11-19)16-9-15-23-20(22-3)24-18-21(12-13-21)14-17-26-5-2;/h6-8,10-11H,4-5,9,12-18H2,1-3H3,(H2,22,23,24);1H. The molecule has 0 heterocycles. The first kappa shape index (κ1) is 24.0. The molecule has 0 atom stereocenters. The van der Waals surface area contributed by atoms with E-state index in [1.807, 2.05) is 7.05 Å². The Hall–Kier alpha value is -1.02. The predicted molar refractivity (Wildman–Crippen MR) is 127 cm³/mol.